The molecule has 1 rings (SSSR count). The molecule has 0 aliphatic heterocycles. The summed E-state index contributed by atoms with van der Waals surface area (Å²) < 4.78 is 5.84. The fourth-order valence-electron chi connectivity index (χ4n) is 0.314. The van der Waals surface area contributed by atoms with Crippen molar-refractivity contribution in [2.24, 2.45) is 0 Å². The SMILES string of the molecule is [Se]=c1ccocc1. The van der Waals surface area contributed by atoms with Gasteiger partial charge in [0.1, 0.15) is 0 Å². The molecule has 2 heteroatoms. The predicted molar refractivity (Wildman–Crippen MR) is 27.7 cm³/mol. The van der Waals surface area contributed by atoms with Gasteiger partial charge in [-0.3, -0.25) is 0 Å². The summed E-state index contributed by atoms with van der Waals surface area (Å²) in [5.41, 5.74) is 0. The molecular weight excluding hydrogens is 155 g/mol. The van der Waals surface area contributed by atoms with Gasteiger partial charge in [0.05, 0.1) is 0 Å². The van der Waals surface area contributed by atoms with E-state index in [4.69, 9.17) is 4.42 Å². The van der Waals surface area contributed by atoms with Gasteiger partial charge in [-0.15, -0.1) is 0 Å². The maximum absolute atomic E-state index is 4.74. The van der Waals surface area contributed by atoms with Crippen LogP contribution in [-0.4, -0.2) is 15.6 Å². The number of hydrogen-bond donors (Lipinski definition) is 0. The number of rotatable bonds is 0. The second kappa shape index (κ2) is 2.10. The van der Waals surface area contributed by atoms with Gasteiger partial charge < -0.3 is 0 Å². The Balaban J connectivity index is 3.28. The van der Waals surface area contributed by atoms with Crippen molar-refractivity contribution in [1.29, 1.82) is 0 Å². The summed E-state index contributed by atoms with van der Waals surface area (Å²) in [5.74, 6) is 0. The third-order valence-electron chi connectivity index (χ3n) is 0.622. The van der Waals surface area contributed by atoms with Gasteiger partial charge in [-0.1, -0.05) is 0 Å². The Hall–Kier alpha value is -0.331. The third kappa shape index (κ3) is 1.30. The Kier molecular flexibility index (Phi) is 1.45. The molecule has 0 bridgehead atoms. The first-order valence-electron chi connectivity index (χ1n) is 1.92. The van der Waals surface area contributed by atoms with E-state index in [-0.39, 0.29) is 0 Å². The summed E-state index contributed by atoms with van der Waals surface area (Å²) in [4.78, 5) is 0. The average Bonchev–Trinajstić information content (AvgIpc) is 1.69. The second-order valence-corrected chi connectivity index (χ2v) is 2.13. The molecular formula is C5H4OSe. The van der Waals surface area contributed by atoms with Crippen LogP contribution in [0.25, 0.3) is 0 Å². The molecule has 36 valence electrons. The van der Waals surface area contributed by atoms with Crippen molar-refractivity contribution >= 4 is 15.6 Å². The Morgan fingerprint density at radius 3 is 2.14 bits per heavy atom. The van der Waals surface area contributed by atoms with Crippen molar-refractivity contribution in [1.82, 2.24) is 0 Å². The topological polar surface area (TPSA) is 13.1 Å². The summed E-state index contributed by atoms with van der Waals surface area (Å²) in [5, 5.41) is 0. The molecule has 7 heavy (non-hydrogen) atoms. The monoisotopic (exact) mass is 160 g/mol. The normalized spacial score (nSPS) is 8.57. The molecule has 1 aromatic heterocycles. The predicted octanol–water partition coefficient (Wildman–Crippen LogP) is 0.980. The molecule has 0 atom stereocenters. The van der Waals surface area contributed by atoms with Crippen LogP contribution in [0, 0.1) is 4.06 Å². The van der Waals surface area contributed by atoms with Crippen molar-refractivity contribution in [3.8, 4) is 0 Å². The third-order valence-corrected chi connectivity index (χ3v) is 1.19. The van der Waals surface area contributed by atoms with Gasteiger partial charge in [0.25, 0.3) is 0 Å². The Labute approximate surface area is 49.3 Å². The van der Waals surface area contributed by atoms with Crippen LogP contribution in [0.4, 0.5) is 0 Å². The summed E-state index contributed by atoms with van der Waals surface area (Å²) in [6.07, 6.45) is 3.26. The summed E-state index contributed by atoms with van der Waals surface area (Å²) in [6.45, 7) is 0. The molecule has 0 aliphatic rings. The van der Waals surface area contributed by atoms with E-state index in [1.165, 1.54) is 0 Å². The first kappa shape index (κ1) is 4.82. The van der Waals surface area contributed by atoms with Crippen LogP contribution < -0.4 is 0 Å². The minimum absolute atomic E-state index is 1.10. The summed E-state index contributed by atoms with van der Waals surface area (Å²) >= 11 is 2.84. The molecule has 0 aromatic carbocycles. The molecule has 0 amide bonds. The van der Waals surface area contributed by atoms with Gasteiger partial charge in [-0.25, -0.2) is 0 Å². The van der Waals surface area contributed by atoms with E-state index < -0.39 is 0 Å². The van der Waals surface area contributed by atoms with Crippen molar-refractivity contribution in [2.45, 2.75) is 0 Å². The van der Waals surface area contributed by atoms with Crippen LogP contribution in [-0.2, 0) is 0 Å². The van der Waals surface area contributed by atoms with E-state index in [0.717, 1.165) is 4.06 Å². The molecule has 0 N–H and O–H groups in total. The van der Waals surface area contributed by atoms with Gasteiger partial charge >= 0.3 is 48.7 Å². The molecule has 0 radical (unpaired) electrons. The minimum atomic E-state index is 1.10. The van der Waals surface area contributed by atoms with E-state index in [2.05, 4.69) is 15.6 Å². The Bertz CT molecular complexity index is 174. The molecule has 1 heterocycles. The molecule has 1 nitrogen and oxygen atoms in total. The van der Waals surface area contributed by atoms with E-state index in [1.807, 2.05) is 12.1 Å². The Morgan fingerprint density at radius 2 is 1.86 bits per heavy atom. The van der Waals surface area contributed by atoms with Crippen LogP contribution in [0.5, 0.6) is 0 Å². The van der Waals surface area contributed by atoms with Crippen LogP contribution in [0.1, 0.15) is 0 Å². The van der Waals surface area contributed by atoms with Gasteiger partial charge in [0, 0.05) is 0 Å². The van der Waals surface area contributed by atoms with Gasteiger partial charge in [0.2, 0.25) is 0 Å². The van der Waals surface area contributed by atoms with E-state index in [0.29, 0.717) is 0 Å². The van der Waals surface area contributed by atoms with Crippen LogP contribution in [0.3, 0.4) is 0 Å². The molecule has 0 fully saturated rings. The first-order valence-corrected chi connectivity index (χ1v) is 2.78. The van der Waals surface area contributed by atoms with Crippen LogP contribution in [0.2, 0.25) is 0 Å². The van der Waals surface area contributed by atoms with Crippen molar-refractivity contribution in [3.63, 3.8) is 0 Å². The quantitative estimate of drug-likeness (QED) is 0.514. The van der Waals surface area contributed by atoms with Gasteiger partial charge in [-0.2, -0.15) is 0 Å². The fourth-order valence-corrected chi connectivity index (χ4v) is 0.547. The zero-order valence-corrected chi connectivity index (χ0v) is 5.34. The first-order chi connectivity index (χ1) is 3.39. The summed E-state index contributed by atoms with van der Waals surface area (Å²) in [6, 6.07) is 3.72. The maximum atomic E-state index is 4.74. The van der Waals surface area contributed by atoms with Crippen LogP contribution >= 0.6 is 0 Å². The average molecular weight is 159 g/mol. The molecule has 0 spiro atoms. The summed E-state index contributed by atoms with van der Waals surface area (Å²) in [7, 11) is 0. The zero-order valence-electron chi connectivity index (χ0n) is 3.63. The standard InChI is InChI=1S/C5H4OSe/c7-5-1-3-6-4-2-5/h1-4H. The van der Waals surface area contributed by atoms with Gasteiger partial charge in [0.15, 0.2) is 0 Å². The van der Waals surface area contributed by atoms with Crippen molar-refractivity contribution in [2.75, 3.05) is 0 Å². The Morgan fingerprint density at radius 1 is 1.29 bits per heavy atom. The van der Waals surface area contributed by atoms with Crippen LogP contribution in [0.15, 0.2) is 29.1 Å². The zero-order chi connectivity index (χ0) is 5.11. The van der Waals surface area contributed by atoms with E-state index in [1.54, 1.807) is 12.5 Å². The van der Waals surface area contributed by atoms with E-state index >= 15 is 0 Å². The molecule has 0 aliphatic carbocycles. The molecule has 0 unspecified atom stereocenters. The molecule has 0 saturated carbocycles. The van der Waals surface area contributed by atoms with Crippen molar-refractivity contribution in [3.05, 3.63) is 28.7 Å². The number of hydrogen-bond acceptors (Lipinski definition) is 1. The fraction of sp³-hybridized carbons (Fsp3) is 0. The van der Waals surface area contributed by atoms with E-state index in [9.17, 15) is 0 Å². The molecule has 1 aromatic rings. The molecule has 0 saturated heterocycles. The van der Waals surface area contributed by atoms with Gasteiger partial charge in [-0.05, 0) is 0 Å². The second-order valence-electron chi connectivity index (χ2n) is 1.14. The van der Waals surface area contributed by atoms with Crippen molar-refractivity contribution < 1.29 is 4.42 Å².